The van der Waals surface area contributed by atoms with Crippen molar-refractivity contribution < 1.29 is 0 Å². The van der Waals surface area contributed by atoms with Crippen molar-refractivity contribution in [2.24, 2.45) is 0 Å². The highest BCUT2D eigenvalue weighted by atomic mass is 79.9. The number of halogens is 1. The molecule has 2 bridgehead atoms. The molecule has 0 amide bonds. The Morgan fingerprint density at radius 2 is 2.05 bits per heavy atom. The summed E-state index contributed by atoms with van der Waals surface area (Å²) >= 11 is 5.46. The summed E-state index contributed by atoms with van der Waals surface area (Å²) < 4.78 is 1.25. The summed E-state index contributed by atoms with van der Waals surface area (Å²) in [4.78, 5) is 4.22. The van der Waals surface area contributed by atoms with Crippen LogP contribution in [0.1, 0.15) is 43.9 Å². The Balaban J connectivity index is 1.66. The fourth-order valence-corrected chi connectivity index (χ4v) is 5.15. The molecule has 2 unspecified atom stereocenters. The van der Waals surface area contributed by atoms with E-state index in [0.717, 1.165) is 24.7 Å². The summed E-state index contributed by atoms with van der Waals surface area (Å²) in [6, 6.07) is 6.82. The molecule has 3 heterocycles. The van der Waals surface area contributed by atoms with Gasteiger partial charge in [0.25, 0.3) is 0 Å². The molecule has 0 radical (unpaired) electrons. The molecule has 2 atom stereocenters. The van der Waals surface area contributed by atoms with E-state index in [1.54, 1.807) is 0 Å². The van der Waals surface area contributed by atoms with Gasteiger partial charge in [0.2, 0.25) is 0 Å². The van der Waals surface area contributed by atoms with Gasteiger partial charge in [-0.3, -0.25) is 4.90 Å². The lowest BCUT2D eigenvalue weighted by Gasteiger charge is -2.37. The molecule has 0 aromatic carbocycles. The van der Waals surface area contributed by atoms with Crippen molar-refractivity contribution in [1.29, 1.82) is 0 Å². The van der Waals surface area contributed by atoms with Crippen molar-refractivity contribution in [3.05, 3.63) is 20.8 Å². The Morgan fingerprint density at radius 1 is 1.32 bits per heavy atom. The fourth-order valence-electron chi connectivity index (χ4n) is 3.64. The Labute approximate surface area is 128 Å². The van der Waals surface area contributed by atoms with E-state index in [4.69, 9.17) is 0 Å². The highest BCUT2D eigenvalue weighted by Gasteiger charge is 2.35. The summed E-state index contributed by atoms with van der Waals surface area (Å²) in [5.41, 5.74) is 0. The van der Waals surface area contributed by atoms with Crippen LogP contribution < -0.4 is 5.32 Å². The first-order valence-corrected chi connectivity index (χ1v) is 9.10. The summed E-state index contributed by atoms with van der Waals surface area (Å²) in [6.07, 6.45) is 6.75. The SMILES string of the molecule is CCCN(Cc1ccc(Br)s1)C1CC2CCC(C1)N2. The highest BCUT2D eigenvalue weighted by molar-refractivity contribution is 9.11. The third-order valence-electron chi connectivity index (χ3n) is 4.46. The van der Waals surface area contributed by atoms with Crippen LogP contribution in [0.15, 0.2) is 15.9 Å². The van der Waals surface area contributed by atoms with Crippen LogP contribution in [0, 0.1) is 0 Å². The van der Waals surface area contributed by atoms with Gasteiger partial charge in [-0.2, -0.15) is 0 Å². The first kappa shape index (κ1) is 14.1. The fraction of sp³-hybridized carbons (Fsp3) is 0.733. The van der Waals surface area contributed by atoms with Crippen LogP contribution >= 0.6 is 27.3 Å². The van der Waals surface area contributed by atoms with Gasteiger partial charge < -0.3 is 5.32 Å². The molecule has 0 saturated carbocycles. The monoisotopic (exact) mass is 342 g/mol. The van der Waals surface area contributed by atoms with E-state index in [1.165, 1.54) is 47.3 Å². The van der Waals surface area contributed by atoms with E-state index in [9.17, 15) is 0 Å². The molecule has 0 spiro atoms. The van der Waals surface area contributed by atoms with Gasteiger partial charge in [0.05, 0.1) is 3.79 Å². The van der Waals surface area contributed by atoms with Crippen LogP contribution in [0.2, 0.25) is 0 Å². The van der Waals surface area contributed by atoms with E-state index in [1.807, 2.05) is 11.3 Å². The smallest absolute Gasteiger partial charge is 0.0701 e. The van der Waals surface area contributed by atoms with Crippen LogP contribution in [-0.4, -0.2) is 29.6 Å². The minimum atomic E-state index is 0.790. The molecule has 2 aliphatic heterocycles. The largest absolute Gasteiger partial charge is 0.311 e. The molecule has 2 aliphatic rings. The number of thiophene rings is 1. The van der Waals surface area contributed by atoms with Gasteiger partial charge in [0.15, 0.2) is 0 Å². The zero-order chi connectivity index (χ0) is 13.2. The van der Waals surface area contributed by atoms with Crippen molar-refractivity contribution in [3.63, 3.8) is 0 Å². The lowest BCUT2D eigenvalue weighted by molar-refractivity contribution is 0.135. The number of hydrogen-bond acceptors (Lipinski definition) is 3. The van der Waals surface area contributed by atoms with Gasteiger partial charge >= 0.3 is 0 Å². The predicted molar refractivity (Wildman–Crippen MR) is 85.7 cm³/mol. The maximum atomic E-state index is 3.75. The van der Waals surface area contributed by atoms with Gasteiger partial charge in [-0.15, -0.1) is 11.3 Å². The lowest BCUT2D eigenvalue weighted by atomic mass is 9.98. The standard InChI is InChI=1S/C15H23BrN2S/c1-2-7-18(10-14-5-6-15(16)19-14)13-8-11-3-4-12(9-13)17-11/h5-6,11-13,17H,2-4,7-10H2,1H3. The van der Waals surface area contributed by atoms with E-state index in [-0.39, 0.29) is 0 Å². The molecular formula is C15H23BrN2S. The molecule has 2 saturated heterocycles. The van der Waals surface area contributed by atoms with E-state index in [0.29, 0.717) is 0 Å². The summed E-state index contributed by atoms with van der Waals surface area (Å²) in [6.45, 7) is 4.67. The Hall–Kier alpha value is 0.1000. The number of fused-ring (bicyclic) bond motifs is 2. The number of nitrogens with zero attached hydrogens (tertiary/aromatic N) is 1. The predicted octanol–water partition coefficient (Wildman–Crippen LogP) is 4.01. The Morgan fingerprint density at radius 3 is 2.63 bits per heavy atom. The average molecular weight is 343 g/mol. The zero-order valence-corrected chi connectivity index (χ0v) is 14.0. The first-order valence-electron chi connectivity index (χ1n) is 7.49. The summed E-state index contributed by atoms with van der Waals surface area (Å²) in [5.74, 6) is 0. The second-order valence-corrected chi connectivity index (χ2v) is 8.49. The van der Waals surface area contributed by atoms with Gasteiger partial charge in [0.1, 0.15) is 0 Å². The summed E-state index contributed by atoms with van der Waals surface area (Å²) in [5, 5.41) is 3.75. The first-order chi connectivity index (χ1) is 9.24. The molecule has 19 heavy (non-hydrogen) atoms. The Kier molecular flexibility index (Phi) is 4.62. The van der Waals surface area contributed by atoms with E-state index >= 15 is 0 Å². The average Bonchev–Trinajstić information content (AvgIpc) is 2.95. The van der Waals surface area contributed by atoms with Crippen LogP contribution in [0.5, 0.6) is 0 Å². The molecule has 4 heteroatoms. The van der Waals surface area contributed by atoms with Crippen molar-refractivity contribution in [2.45, 2.75) is 63.7 Å². The minimum Gasteiger partial charge on any atom is -0.311 e. The quantitative estimate of drug-likeness (QED) is 0.869. The van der Waals surface area contributed by atoms with Crippen LogP contribution in [0.3, 0.4) is 0 Å². The van der Waals surface area contributed by atoms with E-state index in [2.05, 4.69) is 45.2 Å². The van der Waals surface area contributed by atoms with Gasteiger partial charge in [-0.05, 0) is 66.7 Å². The maximum absolute atomic E-state index is 3.75. The molecule has 2 fully saturated rings. The Bertz CT molecular complexity index is 408. The van der Waals surface area contributed by atoms with Crippen LogP contribution in [0.4, 0.5) is 0 Å². The minimum absolute atomic E-state index is 0.790. The molecule has 106 valence electrons. The van der Waals surface area contributed by atoms with Crippen molar-refractivity contribution in [3.8, 4) is 0 Å². The summed E-state index contributed by atoms with van der Waals surface area (Å²) in [7, 11) is 0. The molecule has 1 aromatic heterocycles. The number of nitrogens with one attached hydrogen (secondary N) is 1. The normalized spacial score (nSPS) is 30.2. The number of rotatable bonds is 5. The van der Waals surface area contributed by atoms with E-state index < -0.39 is 0 Å². The van der Waals surface area contributed by atoms with Crippen molar-refractivity contribution in [2.75, 3.05) is 6.54 Å². The topological polar surface area (TPSA) is 15.3 Å². The third kappa shape index (κ3) is 3.41. The maximum Gasteiger partial charge on any atom is 0.0701 e. The van der Waals surface area contributed by atoms with Crippen molar-refractivity contribution >= 4 is 27.3 Å². The highest BCUT2D eigenvalue weighted by Crippen LogP contribution is 2.31. The van der Waals surface area contributed by atoms with Gasteiger partial charge in [0, 0.05) is 29.5 Å². The molecule has 2 nitrogen and oxygen atoms in total. The lowest BCUT2D eigenvalue weighted by Crippen LogP contribution is -2.48. The number of hydrogen-bond donors (Lipinski definition) is 1. The van der Waals surface area contributed by atoms with Crippen LogP contribution in [0.25, 0.3) is 0 Å². The van der Waals surface area contributed by atoms with Crippen molar-refractivity contribution in [1.82, 2.24) is 10.2 Å². The second kappa shape index (κ2) is 6.25. The molecular weight excluding hydrogens is 320 g/mol. The number of piperidine rings is 1. The van der Waals surface area contributed by atoms with Crippen LogP contribution in [-0.2, 0) is 6.54 Å². The van der Waals surface area contributed by atoms with Gasteiger partial charge in [-0.1, -0.05) is 6.92 Å². The third-order valence-corrected chi connectivity index (χ3v) is 6.07. The molecule has 1 N–H and O–H groups in total. The molecule has 0 aliphatic carbocycles. The molecule has 1 aromatic rings. The van der Waals surface area contributed by atoms with Gasteiger partial charge in [-0.25, -0.2) is 0 Å². The second-order valence-electron chi connectivity index (χ2n) is 5.94. The molecule has 3 rings (SSSR count). The zero-order valence-electron chi connectivity index (χ0n) is 11.6.